The average Bonchev–Trinajstić information content (AvgIpc) is 2.75. The van der Waals surface area contributed by atoms with Crippen molar-refractivity contribution in [1.82, 2.24) is 5.32 Å². The molecule has 1 atom stereocenters. The highest BCUT2D eigenvalue weighted by Crippen LogP contribution is 2.19. The maximum Gasteiger partial charge on any atom is 0.253 e. The highest BCUT2D eigenvalue weighted by atomic mass is 16.3. The van der Waals surface area contributed by atoms with Crippen molar-refractivity contribution >= 4 is 17.3 Å². The fourth-order valence-corrected chi connectivity index (χ4v) is 1.82. The van der Waals surface area contributed by atoms with Crippen LogP contribution < -0.4 is 16.8 Å². The Bertz CT molecular complexity index is 604. The molecule has 0 saturated carbocycles. The van der Waals surface area contributed by atoms with Crippen LogP contribution in [0.5, 0.6) is 0 Å². The van der Waals surface area contributed by atoms with E-state index in [-0.39, 0.29) is 11.9 Å². The summed E-state index contributed by atoms with van der Waals surface area (Å²) in [5.74, 6) is 1.27. The van der Waals surface area contributed by atoms with Crippen LogP contribution in [0.15, 0.2) is 34.7 Å². The molecule has 1 amide bonds. The van der Waals surface area contributed by atoms with Crippen molar-refractivity contribution in [2.45, 2.75) is 19.9 Å². The van der Waals surface area contributed by atoms with Crippen molar-refractivity contribution in [3.05, 3.63) is 47.4 Å². The zero-order valence-electron chi connectivity index (χ0n) is 10.9. The van der Waals surface area contributed by atoms with Crippen molar-refractivity contribution < 1.29 is 9.21 Å². The van der Waals surface area contributed by atoms with Crippen LogP contribution in [-0.4, -0.2) is 5.91 Å². The Morgan fingerprint density at radius 3 is 2.58 bits per heavy atom. The van der Waals surface area contributed by atoms with E-state index in [1.807, 2.05) is 26.0 Å². The number of rotatable bonds is 3. The predicted octanol–water partition coefficient (Wildman–Crippen LogP) is 2.24. The lowest BCUT2D eigenvalue weighted by atomic mass is 10.1. The lowest BCUT2D eigenvalue weighted by Crippen LogP contribution is -2.27. The smallest absolute Gasteiger partial charge is 0.253 e. The molecule has 2 rings (SSSR count). The van der Waals surface area contributed by atoms with Gasteiger partial charge in [0.1, 0.15) is 11.5 Å². The molecule has 0 spiro atoms. The normalized spacial score (nSPS) is 12.1. The lowest BCUT2D eigenvalue weighted by Gasteiger charge is -2.13. The predicted molar refractivity (Wildman–Crippen MR) is 74.6 cm³/mol. The van der Waals surface area contributed by atoms with Crippen LogP contribution in [-0.2, 0) is 0 Å². The highest BCUT2D eigenvalue weighted by molar-refractivity contribution is 5.99. The quantitative estimate of drug-likeness (QED) is 0.737. The zero-order valence-corrected chi connectivity index (χ0v) is 10.9. The number of carbonyl (C=O) groups excluding carboxylic acids is 1. The molecule has 1 unspecified atom stereocenters. The molecule has 0 radical (unpaired) electrons. The van der Waals surface area contributed by atoms with E-state index in [0.29, 0.717) is 22.7 Å². The molecular weight excluding hydrogens is 242 g/mol. The molecule has 100 valence electrons. The first kappa shape index (κ1) is 13.0. The van der Waals surface area contributed by atoms with Gasteiger partial charge < -0.3 is 21.2 Å². The second kappa shape index (κ2) is 5.06. The van der Waals surface area contributed by atoms with Crippen molar-refractivity contribution in [3.63, 3.8) is 0 Å². The highest BCUT2D eigenvalue weighted by Gasteiger charge is 2.15. The van der Waals surface area contributed by atoms with Gasteiger partial charge in [-0.05, 0) is 44.2 Å². The number of amides is 1. The van der Waals surface area contributed by atoms with Crippen LogP contribution in [0, 0.1) is 6.92 Å². The van der Waals surface area contributed by atoms with Crippen LogP contribution >= 0.6 is 0 Å². The van der Waals surface area contributed by atoms with Gasteiger partial charge in [-0.3, -0.25) is 4.79 Å². The van der Waals surface area contributed by atoms with E-state index < -0.39 is 0 Å². The van der Waals surface area contributed by atoms with Crippen LogP contribution in [0.2, 0.25) is 0 Å². The minimum absolute atomic E-state index is 0.224. The molecule has 1 aromatic heterocycles. The summed E-state index contributed by atoms with van der Waals surface area (Å²) in [5.41, 5.74) is 12.7. The van der Waals surface area contributed by atoms with Gasteiger partial charge >= 0.3 is 0 Å². The number of nitrogens with one attached hydrogen (secondary N) is 1. The average molecular weight is 259 g/mol. The number of anilines is 2. The third-order valence-corrected chi connectivity index (χ3v) is 2.86. The maximum atomic E-state index is 12.1. The van der Waals surface area contributed by atoms with Crippen molar-refractivity contribution in [2.24, 2.45) is 0 Å². The molecule has 0 fully saturated rings. The summed E-state index contributed by atoms with van der Waals surface area (Å²) in [5, 5.41) is 2.83. The van der Waals surface area contributed by atoms with Gasteiger partial charge in [-0.25, -0.2) is 0 Å². The van der Waals surface area contributed by atoms with E-state index in [2.05, 4.69) is 5.32 Å². The van der Waals surface area contributed by atoms with Crippen molar-refractivity contribution in [2.75, 3.05) is 11.5 Å². The lowest BCUT2D eigenvalue weighted by molar-refractivity contribution is 0.0936. The van der Waals surface area contributed by atoms with E-state index in [0.717, 1.165) is 5.76 Å². The Labute approximate surface area is 111 Å². The first-order valence-electron chi connectivity index (χ1n) is 5.99. The second-order valence-corrected chi connectivity index (χ2v) is 4.49. The number of furan rings is 1. The van der Waals surface area contributed by atoms with Crippen LogP contribution in [0.1, 0.15) is 34.8 Å². The molecule has 0 bridgehead atoms. The van der Waals surface area contributed by atoms with Gasteiger partial charge in [0.15, 0.2) is 0 Å². The third kappa shape index (κ3) is 2.88. The Balaban J connectivity index is 2.12. The maximum absolute atomic E-state index is 12.1. The first-order chi connectivity index (χ1) is 8.97. The van der Waals surface area contributed by atoms with Gasteiger partial charge in [0.05, 0.1) is 11.6 Å². The summed E-state index contributed by atoms with van der Waals surface area (Å²) in [6.07, 6.45) is 0. The largest absolute Gasteiger partial charge is 0.464 e. The van der Waals surface area contributed by atoms with Crippen LogP contribution in [0.25, 0.3) is 0 Å². The van der Waals surface area contributed by atoms with Gasteiger partial charge in [-0.2, -0.15) is 0 Å². The topological polar surface area (TPSA) is 94.3 Å². The summed E-state index contributed by atoms with van der Waals surface area (Å²) < 4.78 is 5.47. The Kier molecular flexibility index (Phi) is 3.46. The summed E-state index contributed by atoms with van der Waals surface area (Å²) in [6.45, 7) is 3.71. The number of benzene rings is 1. The molecule has 2 aromatic rings. The summed E-state index contributed by atoms with van der Waals surface area (Å²) in [7, 11) is 0. The summed E-state index contributed by atoms with van der Waals surface area (Å²) in [6, 6.07) is 8.30. The monoisotopic (exact) mass is 259 g/mol. The van der Waals surface area contributed by atoms with Gasteiger partial charge in [-0.15, -0.1) is 0 Å². The van der Waals surface area contributed by atoms with E-state index in [4.69, 9.17) is 15.9 Å². The van der Waals surface area contributed by atoms with Crippen molar-refractivity contribution in [3.8, 4) is 0 Å². The van der Waals surface area contributed by atoms with Crippen LogP contribution in [0.4, 0.5) is 11.4 Å². The molecule has 1 aromatic carbocycles. The van der Waals surface area contributed by atoms with E-state index in [9.17, 15) is 4.79 Å². The standard InChI is InChI=1S/C14H17N3O2/c1-8-3-6-13(19-8)9(2)17-14(18)11-5-4-10(15)7-12(11)16/h3-7,9H,15-16H2,1-2H3,(H,17,18). The molecule has 5 nitrogen and oxygen atoms in total. The molecule has 19 heavy (non-hydrogen) atoms. The zero-order chi connectivity index (χ0) is 14.0. The SMILES string of the molecule is Cc1ccc(C(C)NC(=O)c2ccc(N)cc2N)o1. The molecule has 0 saturated heterocycles. The number of carbonyl (C=O) groups is 1. The minimum atomic E-state index is -0.251. The van der Waals surface area contributed by atoms with E-state index in [1.165, 1.54) is 0 Å². The summed E-state index contributed by atoms with van der Waals surface area (Å²) in [4.78, 5) is 12.1. The minimum Gasteiger partial charge on any atom is -0.464 e. The summed E-state index contributed by atoms with van der Waals surface area (Å²) >= 11 is 0. The molecule has 1 heterocycles. The Hall–Kier alpha value is -2.43. The molecule has 0 aliphatic heterocycles. The van der Waals surface area contributed by atoms with E-state index in [1.54, 1.807) is 18.2 Å². The molecule has 0 aliphatic carbocycles. The van der Waals surface area contributed by atoms with Crippen molar-refractivity contribution in [1.29, 1.82) is 0 Å². The fourth-order valence-electron chi connectivity index (χ4n) is 1.82. The number of aryl methyl sites for hydroxylation is 1. The third-order valence-electron chi connectivity index (χ3n) is 2.86. The molecule has 5 N–H and O–H groups in total. The Morgan fingerprint density at radius 1 is 1.26 bits per heavy atom. The van der Waals surface area contributed by atoms with Gasteiger partial charge in [0.2, 0.25) is 0 Å². The number of hydrogen-bond donors (Lipinski definition) is 3. The first-order valence-corrected chi connectivity index (χ1v) is 5.99. The number of nitrogens with two attached hydrogens (primary N) is 2. The van der Waals surface area contributed by atoms with Crippen LogP contribution in [0.3, 0.4) is 0 Å². The van der Waals surface area contributed by atoms with E-state index >= 15 is 0 Å². The Morgan fingerprint density at radius 2 is 2.00 bits per heavy atom. The van der Waals surface area contributed by atoms with Gasteiger partial charge in [-0.1, -0.05) is 0 Å². The number of hydrogen-bond acceptors (Lipinski definition) is 4. The molecule has 5 heteroatoms. The number of nitrogen functional groups attached to an aromatic ring is 2. The fraction of sp³-hybridized carbons (Fsp3) is 0.214. The van der Waals surface area contributed by atoms with Gasteiger partial charge in [0.25, 0.3) is 5.91 Å². The molecular formula is C14H17N3O2. The van der Waals surface area contributed by atoms with Gasteiger partial charge in [0, 0.05) is 11.4 Å². The second-order valence-electron chi connectivity index (χ2n) is 4.49. The molecule has 0 aliphatic rings.